The predicted octanol–water partition coefficient (Wildman–Crippen LogP) is 2.31. The van der Waals surface area contributed by atoms with E-state index in [2.05, 4.69) is 20.1 Å². The topological polar surface area (TPSA) is 69.2 Å². The largest absolute Gasteiger partial charge is 0.496 e. The maximum absolute atomic E-state index is 5.42. The van der Waals surface area contributed by atoms with E-state index in [1.807, 2.05) is 19.9 Å². The van der Waals surface area contributed by atoms with Crippen LogP contribution < -0.4 is 14.8 Å². The molecule has 0 radical (unpaired) electrons. The van der Waals surface area contributed by atoms with Crippen molar-refractivity contribution >= 4 is 22.4 Å². The monoisotopic (exact) mass is 266 g/mol. The average molecular weight is 266 g/mol. The SMILES string of the molecule is COc1cc(Nc2nnns2)c(OC)c(C)c1C. The minimum atomic E-state index is 0.610. The molecule has 6 nitrogen and oxygen atoms in total. The number of hydrogen-bond acceptors (Lipinski definition) is 7. The molecular weight excluding hydrogens is 252 g/mol. The van der Waals surface area contributed by atoms with Crippen molar-refractivity contribution in [1.82, 2.24) is 14.8 Å². The van der Waals surface area contributed by atoms with E-state index in [4.69, 9.17) is 9.47 Å². The first-order valence-electron chi connectivity index (χ1n) is 5.31. The fourth-order valence-electron chi connectivity index (χ4n) is 1.73. The van der Waals surface area contributed by atoms with Crippen molar-refractivity contribution in [2.45, 2.75) is 13.8 Å². The van der Waals surface area contributed by atoms with Gasteiger partial charge in [-0.25, -0.2) is 0 Å². The molecule has 0 unspecified atom stereocenters. The van der Waals surface area contributed by atoms with E-state index in [0.717, 1.165) is 28.3 Å². The van der Waals surface area contributed by atoms with Crippen molar-refractivity contribution in [2.24, 2.45) is 0 Å². The van der Waals surface area contributed by atoms with Gasteiger partial charge in [0.1, 0.15) is 11.5 Å². The molecule has 0 atom stereocenters. The van der Waals surface area contributed by atoms with Crippen molar-refractivity contribution in [3.05, 3.63) is 17.2 Å². The summed E-state index contributed by atoms with van der Waals surface area (Å²) in [5.41, 5.74) is 2.86. The smallest absolute Gasteiger partial charge is 0.229 e. The molecule has 0 aliphatic carbocycles. The van der Waals surface area contributed by atoms with Crippen LogP contribution in [0, 0.1) is 13.8 Å². The third-order valence-corrected chi connectivity index (χ3v) is 3.27. The highest BCUT2D eigenvalue weighted by molar-refractivity contribution is 7.09. The van der Waals surface area contributed by atoms with E-state index in [-0.39, 0.29) is 0 Å². The van der Waals surface area contributed by atoms with Gasteiger partial charge in [-0.3, -0.25) is 0 Å². The Balaban J connectivity index is 2.47. The van der Waals surface area contributed by atoms with Gasteiger partial charge in [-0.15, -0.1) is 0 Å². The Bertz CT molecular complexity index is 542. The van der Waals surface area contributed by atoms with Gasteiger partial charge in [0.15, 0.2) is 0 Å². The lowest BCUT2D eigenvalue weighted by molar-refractivity contribution is 0.399. The highest BCUT2D eigenvalue weighted by Crippen LogP contribution is 2.38. The van der Waals surface area contributed by atoms with Gasteiger partial charge in [0.25, 0.3) is 0 Å². The van der Waals surface area contributed by atoms with Crippen molar-refractivity contribution in [3.8, 4) is 11.5 Å². The molecule has 0 saturated heterocycles. The number of methoxy groups -OCH3 is 2. The molecule has 96 valence electrons. The van der Waals surface area contributed by atoms with Crippen molar-refractivity contribution in [2.75, 3.05) is 19.5 Å². The van der Waals surface area contributed by atoms with Crippen molar-refractivity contribution in [1.29, 1.82) is 0 Å². The number of aromatic nitrogens is 3. The first-order chi connectivity index (χ1) is 8.67. The molecule has 0 amide bonds. The molecule has 0 aliphatic rings. The fraction of sp³-hybridized carbons (Fsp3) is 0.364. The van der Waals surface area contributed by atoms with Crippen LogP contribution in [-0.4, -0.2) is 29.0 Å². The Kier molecular flexibility index (Phi) is 3.61. The summed E-state index contributed by atoms with van der Waals surface area (Å²) < 4.78 is 14.5. The van der Waals surface area contributed by atoms with Gasteiger partial charge in [-0.2, -0.15) is 0 Å². The predicted molar refractivity (Wildman–Crippen MR) is 70.0 cm³/mol. The minimum Gasteiger partial charge on any atom is -0.496 e. The van der Waals surface area contributed by atoms with E-state index in [1.54, 1.807) is 14.2 Å². The molecule has 1 aromatic carbocycles. The van der Waals surface area contributed by atoms with Crippen LogP contribution in [0.5, 0.6) is 11.5 Å². The molecule has 0 aliphatic heterocycles. The molecule has 2 aromatic rings. The van der Waals surface area contributed by atoms with E-state index >= 15 is 0 Å². The summed E-state index contributed by atoms with van der Waals surface area (Å²) in [6, 6.07) is 1.88. The number of hydrogen-bond donors (Lipinski definition) is 1. The van der Waals surface area contributed by atoms with Gasteiger partial charge in [0.05, 0.1) is 19.9 Å². The van der Waals surface area contributed by atoms with E-state index < -0.39 is 0 Å². The van der Waals surface area contributed by atoms with Gasteiger partial charge >= 0.3 is 0 Å². The van der Waals surface area contributed by atoms with Gasteiger partial charge in [-0.1, -0.05) is 9.59 Å². The standard InChI is InChI=1S/C11H14N4O2S/c1-6-7(2)10(17-4)8(5-9(6)16-3)12-11-13-14-15-18-11/h5H,1-4H3,(H,12,13,15). The third kappa shape index (κ3) is 2.21. The highest BCUT2D eigenvalue weighted by Gasteiger charge is 2.14. The molecule has 18 heavy (non-hydrogen) atoms. The summed E-state index contributed by atoms with van der Waals surface area (Å²) in [6.45, 7) is 3.98. The van der Waals surface area contributed by atoms with Gasteiger partial charge in [-0.05, 0) is 30.2 Å². The van der Waals surface area contributed by atoms with Gasteiger partial charge in [0.2, 0.25) is 5.13 Å². The van der Waals surface area contributed by atoms with E-state index in [9.17, 15) is 0 Å². The third-order valence-electron chi connectivity index (χ3n) is 2.76. The maximum Gasteiger partial charge on any atom is 0.229 e. The highest BCUT2D eigenvalue weighted by atomic mass is 32.1. The molecule has 0 bridgehead atoms. The number of anilines is 2. The minimum absolute atomic E-state index is 0.610. The lowest BCUT2D eigenvalue weighted by Crippen LogP contribution is -2.00. The second-order valence-corrected chi connectivity index (χ2v) is 4.43. The van der Waals surface area contributed by atoms with Crippen molar-refractivity contribution in [3.63, 3.8) is 0 Å². The zero-order chi connectivity index (χ0) is 13.1. The van der Waals surface area contributed by atoms with Gasteiger partial charge < -0.3 is 14.8 Å². The molecule has 1 heterocycles. The first-order valence-corrected chi connectivity index (χ1v) is 6.09. The normalized spacial score (nSPS) is 10.2. The Morgan fingerprint density at radius 2 is 1.94 bits per heavy atom. The van der Waals surface area contributed by atoms with Crippen LogP contribution >= 0.6 is 11.5 Å². The molecular formula is C11H14N4O2S. The number of nitrogens with one attached hydrogen (secondary N) is 1. The van der Waals surface area contributed by atoms with E-state index in [1.165, 1.54) is 11.5 Å². The quantitative estimate of drug-likeness (QED) is 0.915. The Morgan fingerprint density at radius 1 is 1.17 bits per heavy atom. The van der Waals surface area contributed by atoms with E-state index in [0.29, 0.717) is 5.13 Å². The Hall–Kier alpha value is -1.89. The summed E-state index contributed by atoms with van der Waals surface area (Å²) >= 11 is 1.18. The van der Waals surface area contributed by atoms with Crippen molar-refractivity contribution < 1.29 is 9.47 Å². The van der Waals surface area contributed by atoms with Crippen LogP contribution in [0.2, 0.25) is 0 Å². The molecule has 0 saturated carbocycles. The lowest BCUT2D eigenvalue weighted by Gasteiger charge is -2.16. The average Bonchev–Trinajstić information content (AvgIpc) is 2.87. The summed E-state index contributed by atoms with van der Waals surface area (Å²) in [7, 11) is 3.28. The second-order valence-electron chi connectivity index (χ2n) is 3.70. The number of rotatable bonds is 4. The first kappa shape index (κ1) is 12.6. The maximum atomic E-state index is 5.42. The number of benzene rings is 1. The fourth-order valence-corrected chi connectivity index (χ4v) is 2.11. The van der Waals surface area contributed by atoms with Crippen LogP contribution in [0.4, 0.5) is 10.8 Å². The molecule has 0 spiro atoms. The summed E-state index contributed by atoms with van der Waals surface area (Å²) in [6.07, 6.45) is 0. The summed E-state index contributed by atoms with van der Waals surface area (Å²) in [4.78, 5) is 0. The zero-order valence-electron chi connectivity index (χ0n) is 10.6. The Labute approximate surface area is 109 Å². The number of nitrogens with zero attached hydrogens (tertiary/aromatic N) is 3. The van der Waals surface area contributed by atoms with Crippen LogP contribution in [0.1, 0.15) is 11.1 Å². The molecule has 1 N–H and O–H groups in total. The van der Waals surface area contributed by atoms with Gasteiger partial charge in [0, 0.05) is 17.6 Å². The zero-order valence-corrected chi connectivity index (χ0v) is 11.5. The van der Waals surface area contributed by atoms with Crippen LogP contribution in [0.15, 0.2) is 6.07 Å². The molecule has 0 fully saturated rings. The van der Waals surface area contributed by atoms with Crippen LogP contribution in [0.25, 0.3) is 0 Å². The molecule has 1 aromatic heterocycles. The Morgan fingerprint density at radius 3 is 2.50 bits per heavy atom. The second kappa shape index (κ2) is 5.18. The summed E-state index contributed by atoms with van der Waals surface area (Å²) in [5.74, 6) is 1.57. The molecule has 2 rings (SSSR count). The molecule has 7 heteroatoms. The van der Waals surface area contributed by atoms with Crippen LogP contribution in [0.3, 0.4) is 0 Å². The number of ether oxygens (including phenoxy) is 2. The van der Waals surface area contributed by atoms with Crippen LogP contribution in [-0.2, 0) is 0 Å². The lowest BCUT2D eigenvalue weighted by atomic mass is 10.1. The summed E-state index contributed by atoms with van der Waals surface area (Å²) in [5, 5.41) is 11.1.